The molecule has 1 aromatic heterocycles. The molecule has 0 fully saturated rings. The van der Waals surface area contributed by atoms with E-state index in [9.17, 15) is 0 Å². The minimum atomic E-state index is 0. The standard InChI is InChI=1S/C12H8N.Y/c1-3-7-11-9(5-1)10-6-2-4-8-12(10)13-11;/h1-8H;/q-1;. The number of rotatable bonds is 0. The van der Waals surface area contributed by atoms with E-state index in [2.05, 4.69) is 41.4 Å². The van der Waals surface area contributed by atoms with Gasteiger partial charge in [-0.3, -0.25) is 0 Å². The van der Waals surface area contributed by atoms with Crippen LogP contribution in [-0.4, -0.2) is 0 Å². The van der Waals surface area contributed by atoms with Gasteiger partial charge in [-0.2, -0.15) is 0 Å². The molecule has 3 rings (SSSR count). The van der Waals surface area contributed by atoms with Crippen molar-refractivity contribution in [1.82, 2.24) is 4.98 Å². The van der Waals surface area contributed by atoms with E-state index in [0.29, 0.717) is 0 Å². The molecule has 1 heterocycles. The molecule has 0 saturated carbocycles. The molecule has 0 saturated heterocycles. The van der Waals surface area contributed by atoms with E-state index < -0.39 is 0 Å². The SMILES string of the molecule is [Y].c1ccc2c(c1)[n-]c1ccccc12. The summed E-state index contributed by atoms with van der Waals surface area (Å²) in [6, 6.07) is 16.5. The number of nitrogens with zero attached hydrogens (tertiary/aromatic N) is 1. The van der Waals surface area contributed by atoms with Crippen molar-refractivity contribution < 1.29 is 32.7 Å². The van der Waals surface area contributed by atoms with E-state index in [-0.39, 0.29) is 32.7 Å². The second-order valence-corrected chi connectivity index (χ2v) is 3.15. The van der Waals surface area contributed by atoms with Gasteiger partial charge in [0.05, 0.1) is 0 Å². The third kappa shape index (κ3) is 1.41. The van der Waals surface area contributed by atoms with Crippen LogP contribution in [0.25, 0.3) is 21.8 Å². The van der Waals surface area contributed by atoms with Crippen molar-refractivity contribution in [2.24, 2.45) is 0 Å². The molecule has 0 unspecified atom stereocenters. The first-order chi connectivity index (χ1) is 6.45. The minimum absolute atomic E-state index is 0. The molecule has 1 radical (unpaired) electrons. The van der Waals surface area contributed by atoms with Gasteiger partial charge in [0.2, 0.25) is 0 Å². The summed E-state index contributed by atoms with van der Waals surface area (Å²) >= 11 is 0. The van der Waals surface area contributed by atoms with Gasteiger partial charge in [-0.25, -0.2) is 0 Å². The van der Waals surface area contributed by atoms with Crippen molar-refractivity contribution >= 4 is 21.8 Å². The van der Waals surface area contributed by atoms with Gasteiger partial charge in [-0.1, -0.05) is 48.5 Å². The van der Waals surface area contributed by atoms with Crippen LogP contribution in [0.5, 0.6) is 0 Å². The number of para-hydroxylation sites is 2. The van der Waals surface area contributed by atoms with Crippen LogP contribution in [0.15, 0.2) is 48.5 Å². The fourth-order valence-electron chi connectivity index (χ4n) is 1.73. The zero-order valence-corrected chi connectivity index (χ0v) is 10.5. The van der Waals surface area contributed by atoms with Gasteiger partial charge in [0.1, 0.15) is 0 Å². The fourth-order valence-corrected chi connectivity index (χ4v) is 1.73. The predicted molar refractivity (Wildman–Crippen MR) is 54.8 cm³/mol. The Bertz CT molecular complexity index is 518. The van der Waals surface area contributed by atoms with E-state index in [1.807, 2.05) is 12.1 Å². The van der Waals surface area contributed by atoms with Crippen molar-refractivity contribution in [2.45, 2.75) is 0 Å². The summed E-state index contributed by atoms with van der Waals surface area (Å²) in [4.78, 5) is 4.52. The van der Waals surface area contributed by atoms with Gasteiger partial charge in [-0.05, 0) is 10.8 Å². The van der Waals surface area contributed by atoms with Crippen LogP contribution >= 0.6 is 0 Å². The first-order valence-corrected chi connectivity index (χ1v) is 4.35. The molecule has 0 spiro atoms. The Morgan fingerprint density at radius 3 is 1.57 bits per heavy atom. The second kappa shape index (κ2) is 3.84. The summed E-state index contributed by atoms with van der Waals surface area (Å²) < 4.78 is 0. The van der Waals surface area contributed by atoms with Crippen molar-refractivity contribution in [1.29, 1.82) is 0 Å². The first-order valence-electron chi connectivity index (χ1n) is 4.35. The Balaban J connectivity index is 0.000000750. The number of benzene rings is 2. The average Bonchev–Trinajstić information content (AvgIpc) is 2.56. The van der Waals surface area contributed by atoms with Crippen molar-refractivity contribution in [2.75, 3.05) is 0 Å². The molecule has 0 amide bonds. The van der Waals surface area contributed by atoms with Crippen LogP contribution in [-0.2, 0) is 32.7 Å². The Kier molecular flexibility index (Phi) is 2.71. The molecule has 2 aromatic carbocycles. The molecule has 3 aromatic rings. The zero-order valence-electron chi connectivity index (χ0n) is 7.64. The molecule has 0 aliphatic rings. The smallest absolute Gasteiger partial charge is 0 e. The Morgan fingerprint density at radius 2 is 1.07 bits per heavy atom. The fraction of sp³-hybridized carbons (Fsp3) is 0. The Hall–Kier alpha value is -0.656. The number of hydrogen-bond acceptors (Lipinski definition) is 0. The van der Waals surface area contributed by atoms with Crippen LogP contribution in [0, 0.1) is 0 Å². The van der Waals surface area contributed by atoms with Crippen LogP contribution in [0.1, 0.15) is 0 Å². The summed E-state index contributed by atoms with van der Waals surface area (Å²) in [5.74, 6) is 0. The Labute approximate surface area is 107 Å². The van der Waals surface area contributed by atoms with Crippen LogP contribution in [0.4, 0.5) is 0 Å². The molecule has 1 nitrogen and oxygen atoms in total. The molecule has 0 bridgehead atoms. The molecule has 2 heteroatoms. The van der Waals surface area contributed by atoms with Crippen LogP contribution in [0.3, 0.4) is 0 Å². The summed E-state index contributed by atoms with van der Waals surface area (Å²) in [6.45, 7) is 0. The first kappa shape index (κ1) is 9.88. The van der Waals surface area contributed by atoms with Gasteiger partial charge >= 0.3 is 0 Å². The molecule has 0 N–H and O–H groups in total. The molecule has 0 aliphatic carbocycles. The van der Waals surface area contributed by atoms with Gasteiger partial charge in [0, 0.05) is 32.7 Å². The quantitative estimate of drug-likeness (QED) is 0.602. The average molecular weight is 255 g/mol. The summed E-state index contributed by atoms with van der Waals surface area (Å²) in [5.41, 5.74) is 2.17. The van der Waals surface area contributed by atoms with E-state index in [1.54, 1.807) is 0 Å². The van der Waals surface area contributed by atoms with Crippen molar-refractivity contribution in [3.8, 4) is 0 Å². The molecule has 14 heavy (non-hydrogen) atoms. The molecular weight excluding hydrogens is 247 g/mol. The van der Waals surface area contributed by atoms with Gasteiger partial charge in [0.25, 0.3) is 0 Å². The maximum absolute atomic E-state index is 4.52. The van der Waals surface area contributed by atoms with Crippen molar-refractivity contribution in [3.63, 3.8) is 0 Å². The molecular formula is C12H8NY-. The zero-order chi connectivity index (χ0) is 8.67. The third-order valence-corrected chi connectivity index (χ3v) is 2.34. The van der Waals surface area contributed by atoms with E-state index >= 15 is 0 Å². The Morgan fingerprint density at radius 1 is 0.643 bits per heavy atom. The summed E-state index contributed by atoms with van der Waals surface area (Å²) in [6.07, 6.45) is 0. The number of aromatic nitrogens is 1. The predicted octanol–water partition coefficient (Wildman–Crippen LogP) is 2.95. The summed E-state index contributed by atoms with van der Waals surface area (Å²) in [5, 5.41) is 2.50. The monoisotopic (exact) mass is 255 g/mol. The maximum atomic E-state index is 4.52. The normalized spacial score (nSPS) is 10.3. The topological polar surface area (TPSA) is 14.1 Å². The maximum Gasteiger partial charge on any atom is 0 e. The van der Waals surface area contributed by atoms with E-state index in [4.69, 9.17) is 0 Å². The van der Waals surface area contributed by atoms with Crippen molar-refractivity contribution in [3.05, 3.63) is 48.5 Å². The van der Waals surface area contributed by atoms with Gasteiger partial charge in [0.15, 0.2) is 0 Å². The molecule has 0 atom stereocenters. The van der Waals surface area contributed by atoms with Gasteiger partial charge in [-0.15, -0.1) is 11.0 Å². The van der Waals surface area contributed by atoms with E-state index in [0.717, 1.165) is 11.0 Å². The minimum Gasteiger partial charge on any atom is -0.657 e. The largest absolute Gasteiger partial charge is 0.657 e. The van der Waals surface area contributed by atoms with Crippen LogP contribution in [0.2, 0.25) is 0 Å². The number of fused-ring (bicyclic) bond motifs is 3. The van der Waals surface area contributed by atoms with E-state index in [1.165, 1.54) is 10.8 Å². The summed E-state index contributed by atoms with van der Waals surface area (Å²) in [7, 11) is 0. The number of hydrogen-bond donors (Lipinski definition) is 0. The van der Waals surface area contributed by atoms with Crippen LogP contribution < -0.4 is 4.98 Å². The molecule has 65 valence electrons. The third-order valence-electron chi connectivity index (χ3n) is 2.34. The molecule has 0 aliphatic heterocycles. The van der Waals surface area contributed by atoms with Gasteiger partial charge < -0.3 is 4.98 Å². The second-order valence-electron chi connectivity index (χ2n) is 3.15.